The molecule has 3 fully saturated rings. The molecule has 2 unspecified atom stereocenters. The van der Waals surface area contributed by atoms with Crippen LogP contribution >= 0.6 is 0 Å². The highest BCUT2D eigenvalue weighted by atomic mass is 32.2. The lowest BCUT2D eigenvalue weighted by atomic mass is 9.81. The number of rotatable bonds is 12. The minimum Gasteiger partial charge on any atom is -0.374 e. The lowest BCUT2D eigenvalue weighted by Gasteiger charge is -2.42. The van der Waals surface area contributed by atoms with Crippen molar-refractivity contribution in [3.63, 3.8) is 0 Å². The molecule has 0 aromatic heterocycles. The highest BCUT2D eigenvalue weighted by Crippen LogP contribution is 2.45. The first-order valence-corrected chi connectivity index (χ1v) is 17.0. The molecule has 4 rings (SSSR count). The number of sulfone groups is 1. The third-order valence-corrected chi connectivity index (χ3v) is 11.6. The van der Waals surface area contributed by atoms with E-state index in [4.69, 9.17) is 14.2 Å². The number of ether oxygens (including phenoxy) is 3. The zero-order chi connectivity index (χ0) is 28.4. The number of fused-ring (bicyclic) bond motifs is 1. The van der Waals surface area contributed by atoms with Crippen LogP contribution in [0.25, 0.3) is 0 Å². The Morgan fingerprint density at radius 2 is 1.77 bits per heavy atom. The monoisotopic (exact) mass is 560 g/mol. The Hall–Kier alpha value is -1.21. The molecule has 0 bridgehead atoms. The maximum absolute atomic E-state index is 13.3. The van der Waals surface area contributed by atoms with Gasteiger partial charge in [0.05, 0.1) is 46.8 Å². The van der Waals surface area contributed by atoms with Gasteiger partial charge in [0.2, 0.25) is 0 Å². The van der Waals surface area contributed by atoms with Crippen LogP contribution in [-0.2, 0) is 24.0 Å². The van der Waals surface area contributed by atoms with Crippen LogP contribution in [0.2, 0.25) is 0 Å². The summed E-state index contributed by atoms with van der Waals surface area (Å²) in [5.74, 6) is 1.17. The van der Waals surface area contributed by atoms with Crippen molar-refractivity contribution >= 4 is 9.84 Å². The SMILES string of the molecule is C=C(CCC1O[C@H](CC(C)C)[C@H](C)[C@H]1CS(=O)(=O)c1ccccc1)[C@H](C)CC1CC[C@@H]2O[C@@H](C)C[C@]2(CC)O1. The molecule has 3 saturated heterocycles. The molecule has 0 spiro atoms. The Bertz CT molecular complexity index is 1050. The molecule has 0 aliphatic carbocycles. The van der Waals surface area contributed by atoms with E-state index in [0.29, 0.717) is 16.7 Å². The summed E-state index contributed by atoms with van der Waals surface area (Å²) in [7, 11) is -3.38. The Morgan fingerprint density at radius 3 is 2.44 bits per heavy atom. The third-order valence-electron chi connectivity index (χ3n) is 9.74. The lowest BCUT2D eigenvalue weighted by molar-refractivity contribution is -0.170. The van der Waals surface area contributed by atoms with E-state index < -0.39 is 9.84 Å². The first-order valence-electron chi connectivity index (χ1n) is 15.4. The van der Waals surface area contributed by atoms with E-state index in [0.717, 1.165) is 51.4 Å². The molecule has 3 aliphatic rings. The summed E-state index contributed by atoms with van der Waals surface area (Å²) in [6, 6.07) is 8.86. The molecule has 0 amide bonds. The van der Waals surface area contributed by atoms with Crippen LogP contribution in [0.1, 0.15) is 92.9 Å². The summed E-state index contributed by atoms with van der Waals surface area (Å²) in [6.07, 6.45) is 8.47. The second-order valence-corrected chi connectivity index (χ2v) is 15.2. The van der Waals surface area contributed by atoms with Crippen molar-refractivity contribution in [3.8, 4) is 0 Å². The number of benzene rings is 1. The van der Waals surface area contributed by atoms with Crippen LogP contribution in [0.15, 0.2) is 47.4 Å². The van der Waals surface area contributed by atoms with E-state index >= 15 is 0 Å². The van der Waals surface area contributed by atoms with Gasteiger partial charge in [0.25, 0.3) is 0 Å². The number of hydrogen-bond donors (Lipinski definition) is 0. The minimum absolute atomic E-state index is 0.0190. The van der Waals surface area contributed by atoms with Crippen LogP contribution in [0.3, 0.4) is 0 Å². The summed E-state index contributed by atoms with van der Waals surface area (Å²) < 4.78 is 46.2. The fraction of sp³-hybridized carbons (Fsp3) is 0.758. The molecule has 1 aromatic rings. The van der Waals surface area contributed by atoms with Gasteiger partial charge in [-0.1, -0.05) is 65.0 Å². The number of allylic oxidation sites excluding steroid dienone is 1. The molecule has 0 radical (unpaired) electrons. The van der Waals surface area contributed by atoms with Gasteiger partial charge in [-0.2, -0.15) is 0 Å². The van der Waals surface area contributed by atoms with Gasteiger partial charge in [0, 0.05) is 12.3 Å². The van der Waals surface area contributed by atoms with E-state index in [-0.39, 0.29) is 53.7 Å². The van der Waals surface area contributed by atoms with Crippen molar-refractivity contribution in [1.82, 2.24) is 0 Å². The molecule has 220 valence electrons. The summed E-state index contributed by atoms with van der Waals surface area (Å²) in [6.45, 7) is 17.7. The zero-order valence-electron chi connectivity index (χ0n) is 25.1. The minimum atomic E-state index is -3.38. The molecular formula is C33H52O5S. The highest BCUT2D eigenvalue weighted by Gasteiger charge is 2.51. The smallest absolute Gasteiger partial charge is 0.178 e. The molecule has 9 atom stereocenters. The van der Waals surface area contributed by atoms with Crippen LogP contribution in [0.5, 0.6) is 0 Å². The van der Waals surface area contributed by atoms with Crippen LogP contribution in [0, 0.1) is 23.7 Å². The van der Waals surface area contributed by atoms with E-state index in [9.17, 15) is 8.42 Å². The molecule has 39 heavy (non-hydrogen) atoms. The van der Waals surface area contributed by atoms with Crippen molar-refractivity contribution in [2.45, 2.75) is 134 Å². The van der Waals surface area contributed by atoms with Gasteiger partial charge in [-0.25, -0.2) is 8.42 Å². The van der Waals surface area contributed by atoms with Crippen LogP contribution < -0.4 is 0 Å². The molecule has 6 heteroatoms. The summed E-state index contributed by atoms with van der Waals surface area (Å²) in [4.78, 5) is 0.405. The second-order valence-electron chi connectivity index (χ2n) is 13.2. The molecule has 5 nitrogen and oxygen atoms in total. The predicted octanol–water partition coefficient (Wildman–Crippen LogP) is 7.39. The molecule has 1 aromatic carbocycles. The lowest BCUT2D eigenvalue weighted by Crippen LogP contribution is -2.48. The van der Waals surface area contributed by atoms with Crippen LogP contribution in [-0.4, -0.2) is 50.3 Å². The van der Waals surface area contributed by atoms with Gasteiger partial charge in [0.15, 0.2) is 9.84 Å². The first-order chi connectivity index (χ1) is 18.4. The molecule has 0 N–H and O–H groups in total. The van der Waals surface area contributed by atoms with E-state index in [1.165, 1.54) is 5.57 Å². The van der Waals surface area contributed by atoms with Crippen molar-refractivity contribution in [2.75, 3.05) is 5.75 Å². The summed E-state index contributed by atoms with van der Waals surface area (Å²) in [5.41, 5.74) is 1.09. The largest absolute Gasteiger partial charge is 0.374 e. The van der Waals surface area contributed by atoms with Gasteiger partial charge in [-0.05, 0) is 81.8 Å². The Morgan fingerprint density at radius 1 is 1.05 bits per heavy atom. The fourth-order valence-corrected chi connectivity index (χ4v) is 9.12. The van der Waals surface area contributed by atoms with Crippen molar-refractivity contribution in [1.29, 1.82) is 0 Å². The third kappa shape index (κ3) is 7.17. The zero-order valence-corrected chi connectivity index (χ0v) is 25.9. The molecule has 3 heterocycles. The van der Waals surface area contributed by atoms with Crippen molar-refractivity contribution in [3.05, 3.63) is 42.5 Å². The molecule has 3 aliphatic heterocycles. The van der Waals surface area contributed by atoms with Gasteiger partial charge >= 0.3 is 0 Å². The maximum Gasteiger partial charge on any atom is 0.178 e. The van der Waals surface area contributed by atoms with Gasteiger partial charge in [-0.3, -0.25) is 0 Å². The highest BCUT2D eigenvalue weighted by molar-refractivity contribution is 7.91. The van der Waals surface area contributed by atoms with Gasteiger partial charge < -0.3 is 14.2 Å². The van der Waals surface area contributed by atoms with Gasteiger partial charge in [0.1, 0.15) is 0 Å². The Balaban J connectivity index is 1.37. The topological polar surface area (TPSA) is 61.8 Å². The average Bonchev–Trinajstić information content (AvgIpc) is 3.38. The summed E-state index contributed by atoms with van der Waals surface area (Å²) >= 11 is 0. The quantitative estimate of drug-likeness (QED) is 0.249. The summed E-state index contributed by atoms with van der Waals surface area (Å²) in [5, 5.41) is 0. The predicted molar refractivity (Wildman–Crippen MR) is 158 cm³/mol. The fourth-order valence-electron chi connectivity index (χ4n) is 7.33. The standard InChI is InChI=1S/C33H52O5S/c1-8-33-20-25(6)36-32(33)17-15-27(38-33)19-24(5)23(4)14-16-30-29(26(7)31(37-30)18-22(2)3)21-39(34,35)28-12-10-9-11-13-28/h9-13,22,24-27,29-32H,4,8,14-21H2,1-3,5-7H3/t24-,25+,26-,27?,29-,30?,31-,32+,33+/m1/s1. The normalized spacial score (nSPS) is 35.7. The van der Waals surface area contributed by atoms with E-state index in [2.05, 4.69) is 48.1 Å². The second kappa shape index (κ2) is 12.8. The first kappa shape index (κ1) is 30.7. The average molecular weight is 561 g/mol. The van der Waals surface area contributed by atoms with Crippen molar-refractivity contribution < 1.29 is 22.6 Å². The Labute approximate surface area is 238 Å². The number of hydrogen-bond acceptors (Lipinski definition) is 5. The van der Waals surface area contributed by atoms with Crippen molar-refractivity contribution in [2.24, 2.45) is 23.7 Å². The van der Waals surface area contributed by atoms with E-state index in [1.54, 1.807) is 24.3 Å². The van der Waals surface area contributed by atoms with Crippen LogP contribution in [0.4, 0.5) is 0 Å². The maximum atomic E-state index is 13.3. The van der Waals surface area contributed by atoms with Gasteiger partial charge in [-0.15, -0.1) is 0 Å². The molecule has 0 saturated carbocycles. The molecular weight excluding hydrogens is 508 g/mol. The van der Waals surface area contributed by atoms with E-state index in [1.807, 2.05) is 6.07 Å². The Kier molecular flexibility index (Phi) is 10.1.